The van der Waals surface area contributed by atoms with Crippen LogP contribution in [-0.4, -0.2) is 46.8 Å². The molecule has 0 aliphatic heterocycles. The standard InChI is InChI=1S/C34H50Br2O7/c1-18(2)25(35)10-9-22(31(40)42-17-41-20(4)37)29-24-15-27(39)30-32(6)13-12-26(36)19(3)23(32)11-14-33(30,7)34(24,8)16-28(29)43-21(5)38/h19,23-24,26-28,30,39H,9-17H2,1-8H3/b29-22-/t19-,23?,24?,26-,27+,28-,30-,32-,33-,34-/m0/s1. The summed E-state index contributed by atoms with van der Waals surface area (Å²) in [6, 6.07) is 0. The van der Waals surface area contributed by atoms with Crippen LogP contribution in [0.15, 0.2) is 21.2 Å². The van der Waals surface area contributed by atoms with Crippen molar-refractivity contribution in [1.29, 1.82) is 0 Å². The zero-order valence-electron chi connectivity index (χ0n) is 27.1. The van der Waals surface area contributed by atoms with Gasteiger partial charge in [-0.15, -0.1) is 0 Å². The molecule has 9 heteroatoms. The summed E-state index contributed by atoms with van der Waals surface area (Å²) in [4.78, 5) is 38.1. The number of esters is 3. The van der Waals surface area contributed by atoms with Crippen molar-refractivity contribution in [3.8, 4) is 0 Å². The first-order valence-corrected chi connectivity index (χ1v) is 17.5. The van der Waals surface area contributed by atoms with E-state index in [9.17, 15) is 19.5 Å². The Morgan fingerprint density at radius 2 is 1.63 bits per heavy atom. The van der Waals surface area contributed by atoms with Crippen LogP contribution in [0.25, 0.3) is 0 Å². The van der Waals surface area contributed by atoms with Gasteiger partial charge in [0.2, 0.25) is 6.79 Å². The van der Waals surface area contributed by atoms with Crippen molar-refractivity contribution in [2.75, 3.05) is 6.79 Å². The molecule has 4 rings (SSSR count). The lowest BCUT2D eigenvalue weighted by molar-refractivity contribution is -0.224. The van der Waals surface area contributed by atoms with Gasteiger partial charge in [0, 0.05) is 24.2 Å². The summed E-state index contributed by atoms with van der Waals surface area (Å²) in [7, 11) is 0. The van der Waals surface area contributed by atoms with Gasteiger partial charge in [-0.3, -0.25) is 9.59 Å². The van der Waals surface area contributed by atoms with E-state index in [0.717, 1.165) is 41.3 Å². The first-order valence-electron chi connectivity index (χ1n) is 15.8. The molecule has 2 unspecified atom stereocenters. The van der Waals surface area contributed by atoms with E-state index in [1.807, 2.05) is 13.8 Å². The second-order valence-corrected chi connectivity index (χ2v) is 16.7. The highest BCUT2D eigenvalue weighted by Crippen LogP contribution is 2.74. The van der Waals surface area contributed by atoms with Crippen LogP contribution in [0.3, 0.4) is 0 Å². The van der Waals surface area contributed by atoms with Gasteiger partial charge in [-0.25, -0.2) is 4.79 Å². The van der Waals surface area contributed by atoms with Crippen LogP contribution in [0.4, 0.5) is 0 Å². The molecule has 0 radical (unpaired) electrons. The Hall–Kier alpha value is -1.19. The lowest BCUT2D eigenvalue weighted by atomic mass is 9.36. The van der Waals surface area contributed by atoms with Gasteiger partial charge in [0.15, 0.2) is 0 Å². The van der Waals surface area contributed by atoms with Crippen LogP contribution in [-0.2, 0) is 28.6 Å². The number of allylic oxidation sites excluding steroid dienone is 2. The Bertz CT molecular complexity index is 1190. The number of ether oxygens (including phenoxy) is 3. The maximum Gasteiger partial charge on any atom is 0.336 e. The number of halogens is 2. The molecule has 0 aromatic carbocycles. The third-order valence-electron chi connectivity index (χ3n) is 12.1. The fourth-order valence-corrected chi connectivity index (χ4v) is 10.8. The quantitative estimate of drug-likeness (QED) is 0.124. The average molecular weight is 731 g/mol. The van der Waals surface area contributed by atoms with E-state index >= 15 is 0 Å². The van der Waals surface area contributed by atoms with Crippen LogP contribution >= 0.6 is 31.9 Å². The zero-order valence-corrected chi connectivity index (χ0v) is 30.2. The molecule has 7 nitrogen and oxygen atoms in total. The largest absolute Gasteiger partial charge is 0.458 e. The Morgan fingerprint density at radius 3 is 2.23 bits per heavy atom. The van der Waals surface area contributed by atoms with E-state index in [0.29, 0.717) is 47.9 Å². The number of fused-ring (bicyclic) bond motifs is 5. The number of hydrogen-bond donors (Lipinski definition) is 1. The van der Waals surface area contributed by atoms with Crippen molar-refractivity contribution in [3.05, 3.63) is 21.2 Å². The molecule has 0 aromatic heterocycles. The highest BCUT2D eigenvalue weighted by molar-refractivity contribution is 9.11. The Labute approximate surface area is 274 Å². The maximum atomic E-state index is 13.7. The third kappa shape index (κ3) is 6.17. The minimum absolute atomic E-state index is 0.00637. The molecule has 43 heavy (non-hydrogen) atoms. The van der Waals surface area contributed by atoms with Gasteiger partial charge in [-0.05, 0) is 115 Å². The monoisotopic (exact) mass is 728 g/mol. The van der Waals surface area contributed by atoms with E-state index < -0.39 is 36.9 Å². The maximum absolute atomic E-state index is 13.7. The number of aliphatic hydroxyl groups excluding tert-OH is 1. The molecule has 0 spiro atoms. The first kappa shape index (κ1) is 34.7. The molecule has 4 aliphatic carbocycles. The van der Waals surface area contributed by atoms with Crippen molar-refractivity contribution < 1.29 is 33.7 Å². The smallest absolute Gasteiger partial charge is 0.336 e. The van der Waals surface area contributed by atoms with Crippen LogP contribution in [0.5, 0.6) is 0 Å². The molecular formula is C34H50Br2O7. The highest BCUT2D eigenvalue weighted by Gasteiger charge is 2.70. The molecule has 0 saturated heterocycles. The Morgan fingerprint density at radius 1 is 0.953 bits per heavy atom. The summed E-state index contributed by atoms with van der Waals surface area (Å²) in [5.41, 5.74) is 1.77. The minimum atomic E-state index is -0.597. The van der Waals surface area contributed by atoms with E-state index in [4.69, 9.17) is 14.2 Å². The summed E-state index contributed by atoms with van der Waals surface area (Å²) >= 11 is 7.60. The van der Waals surface area contributed by atoms with Crippen molar-refractivity contribution in [1.82, 2.24) is 0 Å². The van der Waals surface area contributed by atoms with E-state index in [2.05, 4.69) is 59.6 Å². The molecule has 4 aliphatic rings. The molecule has 242 valence electrons. The fourth-order valence-electron chi connectivity index (χ4n) is 9.99. The first-order chi connectivity index (χ1) is 20.0. The van der Waals surface area contributed by atoms with Crippen molar-refractivity contribution in [2.45, 2.75) is 124 Å². The predicted molar refractivity (Wildman–Crippen MR) is 172 cm³/mol. The number of rotatable bonds is 7. The lowest BCUT2D eigenvalue weighted by Crippen LogP contribution is -2.65. The number of hydrogen-bond acceptors (Lipinski definition) is 7. The van der Waals surface area contributed by atoms with Crippen LogP contribution in [0.1, 0.15) is 107 Å². The number of alkyl halides is 1. The molecule has 0 bridgehead atoms. The second kappa shape index (κ2) is 12.9. The van der Waals surface area contributed by atoms with Gasteiger partial charge in [-0.2, -0.15) is 0 Å². The SMILES string of the molecule is CC(=O)OCOC(=O)/C(CCC(Br)=C(C)C)=C1/C2C[C@@H](O)[C@H]3[C@@]4(C)CC[C@H](Br)[C@@H](C)C4CC[C@]3(C)[C@@]2(C)C[C@@H]1OC(C)=O. The molecule has 4 fully saturated rings. The van der Waals surface area contributed by atoms with E-state index in [1.165, 1.54) is 13.8 Å². The molecule has 4 saturated carbocycles. The highest BCUT2D eigenvalue weighted by atomic mass is 79.9. The lowest BCUT2D eigenvalue weighted by Gasteiger charge is -2.69. The zero-order chi connectivity index (χ0) is 32.1. The van der Waals surface area contributed by atoms with Crippen molar-refractivity contribution >= 4 is 49.8 Å². The molecule has 0 heterocycles. The van der Waals surface area contributed by atoms with Gasteiger partial charge in [0.25, 0.3) is 0 Å². The number of carbonyl (C=O) groups is 3. The van der Waals surface area contributed by atoms with Gasteiger partial charge in [-0.1, -0.05) is 65.1 Å². The van der Waals surface area contributed by atoms with Crippen LogP contribution in [0.2, 0.25) is 0 Å². The Kier molecular flexibility index (Phi) is 10.4. The molecule has 1 N–H and O–H groups in total. The second-order valence-electron chi connectivity index (χ2n) is 14.6. The molecule has 10 atom stereocenters. The van der Waals surface area contributed by atoms with Crippen molar-refractivity contribution in [2.24, 2.45) is 39.9 Å². The van der Waals surface area contributed by atoms with E-state index in [1.54, 1.807) is 0 Å². The summed E-state index contributed by atoms with van der Waals surface area (Å²) < 4.78 is 17.4. The van der Waals surface area contributed by atoms with E-state index in [-0.39, 0.29) is 28.1 Å². The summed E-state index contributed by atoms with van der Waals surface area (Å²) in [5.74, 6) is -0.534. The topological polar surface area (TPSA) is 99.1 Å². The van der Waals surface area contributed by atoms with Gasteiger partial charge in [0.05, 0.1) is 6.10 Å². The predicted octanol–water partition coefficient (Wildman–Crippen LogP) is 7.77. The van der Waals surface area contributed by atoms with Gasteiger partial charge in [0.1, 0.15) is 6.10 Å². The third-order valence-corrected chi connectivity index (χ3v) is 14.6. The Balaban J connectivity index is 1.83. The summed E-state index contributed by atoms with van der Waals surface area (Å²) in [5, 5.41) is 12.2. The molecular weight excluding hydrogens is 680 g/mol. The molecule has 0 aromatic rings. The number of carbonyl (C=O) groups excluding carboxylic acids is 3. The van der Waals surface area contributed by atoms with Gasteiger partial charge < -0.3 is 19.3 Å². The summed E-state index contributed by atoms with van der Waals surface area (Å²) in [6.45, 7) is 15.6. The minimum Gasteiger partial charge on any atom is -0.458 e. The van der Waals surface area contributed by atoms with Gasteiger partial charge >= 0.3 is 17.9 Å². The van der Waals surface area contributed by atoms with Crippen molar-refractivity contribution in [3.63, 3.8) is 0 Å². The average Bonchev–Trinajstić information content (AvgIpc) is 3.17. The fraction of sp³-hybridized carbons (Fsp3) is 0.794. The summed E-state index contributed by atoms with van der Waals surface area (Å²) in [6.07, 6.45) is 5.09. The van der Waals surface area contributed by atoms with Crippen LogP contribution < -0.4 is 0 Å². The van der Waals surface area contributed by atoms with Crippen LogP contribution in [0, 0.1) is 39.9 Å². The molecule has 0 amide bonds. The number of aliphatic hydroxyl groups is 1. The normalized spacial score (nSPS) is 41.2.